The Hall–Kier alpha value is -2.87. The summed E-state index contributed by atoms with van der Waals surface area (Å²) < 4.78 is 36.9. The van der Waals surface area contributed by atoms with Gasteiger partial charge in [-0.15, -0.1) is 0 Å². The molecule has 0 aromatic heterocycles. The summed E-state index contributed by atoms with van der Waals surface area (Å²) in [6.07, 6.45) is 0. The van der Waals surface area contributed by atoms with Crippen molar-refractivity contribution >= 4 is 32.5 Å². The van der Waals surface area contributed by atoms with Crippen molar-refractivity contribution in [1.82, 2.24) is 4.72 Å². The minimum atomic E-state index is -3.75. The molecule has 1 aliphatic heterocycles. The van der Waals surface area contributed by atoms with Crippen LogP contribution < -0.4 is 4.72 Å². The van der Waals surface area contributed by atoms with E-state index in [1.807, 2.05) is 30.3 Å². The number of carbonyl (C=O) groups is 2. The number of esters is 1. The molecule has 0 bridgehead atoms. The molecule has 3 rings (SSSR count). The zero-order valence-corrected chi connectivity index (χ0v) is 15.9. The monoisotopic (exact) mass is 389 g/mol. The first kappa shape index (κ1) is 18.9. The molecule has 142 valence electrons. The molecule has 8 heteroatoms. The Labute approximate surface area is 157 Å². The smallest absolute Gasteiger partial charge is 0.308 e. The fourth-order valence-electron chi connectivity index (χ4n) is 2.95. The van der Waals surface area contributed by atoms with Crippen LogP contribution in [0, 0.1) is 0 Å². The Balaban J connectivity index is 2.13. The van der Waals surface area contributed by atoms with Gasteiger partial charge in [0.1, 0.15) is 0 Å². The van der Waals surface area contributed by atoms with Gasteiger partial charge in [0.25, 0.3) is 5.78 Å². The van der Waals surface area contributed by atoms with E-state index in [1.165, 1.54) is 13.8 Å². The normalized spacial score (nSPS) is 19.9. The van der Waals surface area contributed by atoms with E-state index in [0.29, 0.717) is 5.56 Å². The van der Waals surface area contributed by atoms with Gasteiger partial charge in [0.2, 0.25) is 21.7 Å². The van der Waals surface area contributed by atoms with E-state index >= 15 is 0 Å². The van der Waals surface area contributed by atoms with Crippen LogP contribution in [0.4, 0.5) is 0 Å². The number of sulfonamides is 1. The van der Waals surface area contributed by atoms with Crippen LogP contribution >= 0.6 is 0 Å². The van der Waals surface area contributed by atoms with Gasteiger partial charge in [0.05, 0.1) is 5.75 Å². The summed E-state index contributed by atoms with van der Waals surface area (Å²) in [6, 6.07) is 12.8. The number of benzene rings is 2. The molecule has 1 unspecified atom stereocenters. The number of nitrogens with one attached hydrogen (secondary N) is 1. The van der Waals surface area contributed by atoms with Crippen LogP contribution in [-0.2, 0) is 34.7 Å². The van der Waals surface area contributed by atoms with E-state index in [2.05, 4.69) is 4.72 Å². The zero-order chi connectivity index (χ0) is 19.8. The van der Waals surface area contributed by atoms with E-state index < -0.39 is 33.1 Å². The van der Waals surface area contributed by atoms with Gasteiger partial charge in [0.15, 0.2) is 5.60 Å². The van der Waals surface area contributed by atoms with Gasteiger partial charge in [-0.05, 0) is 24.6 Å². The number of ketones is 1. The lowest BCUT2D eigenvalue weighted by molar-refractivity contribution is -0.142. The second-order valence-electron chi connectivity index (χ2n) is 6.25. The Kier molecular flexibility index (Phi) is 4.69. The first-order valence-electron chi connectivity index (χ1n) is 8.33. The van der Waals surface area contributed by atoms with E-state index in [9.17, 15) is 18.0 Å². The Morgan fingerprint density at radius 3 is 2.52 bits per heavy atom. The molecule has 0 saturated heterocycles. The highest BCUT2D eigenvalue weighted by Crippen LogP contribution is 2.41. The maximum Gasteiger partial charge on any atom is 0.308 e. The highest BCUT2D eigenvalue weighted by molar-refractivity contribution is 7.89. The molecular formula is C19H19NO6S. The standard InChI is InChI=1S/C19H19NO6S/c1-4-27(23,24)20-18-16(25-12(2)21)17(22)19(3,26-18)15-11-7-9-13-8-5-6-10-14(13)15/h5-11,20H,4H2,1-3H3. The number of rotatable bonds is 5. The lowest BCUT2D eigenvalue weighted by Gasteiger charge is -2.25. The van der Waals surface area contributed by atoms with Crippen molar-refractivity contribution in [2.75, 3.05) is 5.75 Å². The van der Waals surface area contributed by atoms with E-state index in [0.717, 1.165) is 17.7 Å². The predicted octanol–water partition coefficient (Wildman–Crippen LogP) is 2.33. The van der Waals surface area contributed by atoms with Crippen molar-refractivity contribution in [2.24, 2.45) is 0 Å². The summed E-state index contributed by atoms with van der Waals surface area (Å²) in [5.41, 5.74) is -1.00. The lowest BCUT2D eigenvalue weighted by Crippen LogP contribution is -2.33. The Morgan fingerprint density at radius 2 is 1.85 bits per heavy atom. The highest BCUT2D eigenvalue weighted by atomic mass is 32.2. The molecule has 27 heavy (non-hydrogen) atoms. The first-order valence-corrected chi connectivity index (χ1v) is 9.98. The molecule has 0 aliphatic carbocycles. The third kappa shape index (κ3) is 3.40. The summed E-state index contributed by atoms with van der Waals surface area (Å²) in [4.78, 5) is 24.5. The molecule has 1 atom stereocenters. The fourth-order valence-corrected chi connectivity index (χ4v) is 3.51. The fraction of sp³-hybridized carbons (Fsp3) is 0.263. The maximum absolute atomic E-state index is 13.1. The van der Waals surface area contributed by atoms with Crippen LogP contribution in [0.3, 0.4) is 0 Å². The molecular weight excluding hydrogens is 370 g/mol. The van der Waals surface area contributed by atoms with Crippen LogP contribution in [0.15, 0.2) is 54.1 Å². The molecule has 0 fully saturated rings. The Morgan fingerprint density at radius 1 is 1.19 bits per heavy atom. The minimum Gasteiger partial charge on any atom is -0.456 e. The molecule has 1 aliphatic rings. The van der Waals surface area contributed by atoms with Crippen molar-refractivity contribution in [3.05, 3.63) is 59.7 Å². The second-order valence-corrected chi connectivity index (χ2v) is 8.26. The zero-order valence-electron chi connectivity index (χ0n) is 15.1. The van der Waals surface area contributed by atoms with E-state index in [1.54, 1.807) is 12.1 Å². The average molecular weight is 389 g/mol. The van der Waals surface area contributed by atoms with Crippen LogP contribution in [-0.4, -0.2) is 25.9 Å². The van der Waals surface area contributed by atoms with Crippen molar-refractivity contribution in [2.45, 2.75) is 26.4 Å². The van der Waals surface area contributed by atoms with Gasteiger partial charge < -0.3 is 9.47 Å². The van der Waals surface area contributed by atoms with Crippen molar-refractivity contribution in [3.63, 3.8) is 0 Å². The van der Waals surface area contributed by atoms with Gasteiger partial charge in [-0.25, -0.2) is 8.42 Å². The van der Waals surface area contributed by atoms with Crippen molar-refractivity contribution in [3.8, 4) is 0 Å². The van der Waals surface area contributed by atoms with Gasteiger partial charge in [-0.3, -0.25) is 14.3 Å². The SMILES string of the molecule is CCS(=O)(=O)NC1=C(OC(C)=O)C(=O)C(C)(c2cccc3ccccc23)O1. The van der Waals surface area contributed by atoms with Gasteiger partial charge in [0, 0.05) is 12.5 Å². The molecule has 1 N–H and O–H groups in total. The highest BCUT2D eigenvalue weighted by Gasteiger charge is 2.50. The molecule has 0 saturated carbocycles. The van der Waals surface area contributed by atoms with Crippen molar-refractivity contribution in [1.29, 1.82) is 0 Å². The van der Waals surface area contributed by atoms with Crippen LogP contribution in [0.1, 0.15) is 26.3 Å². The molecule has 0 radical (unpaired) electrons. The van der Waals surface area contributed by atoms with Gasteiger partial charge >= 0.3 is 5.97 Å². The van der Waals surface area contributed by atoms with Crippen LogP contribution in [0.25, 0.3) is 10.8 Å². The largest absolute Gasteiger partial charge is 0.456 e. The lowest BCUT2D eigenvalue weighted by atomic mass is 9.87. The third-order valence-electron chi connectivity index (χ3n) is 4.33. The van der Waals surface area contributed by atoms with E-state index in [-0.39, 0.29) is 11.6 Å². The van der Waals surface area contributed by atoms with Gasteiger partial charge in [-0.2, -0.15) is 0 Å². The predicted molar refractivity (Wildman–Crippen MR) is 98.8 cm³/mol. The van der Waals surface area contributed by atoms with E-state index in [4.69, 9.17) is 9.47 Å². The number of Topliss-reactive ketones (excluding diaryl/α,β-unsaturated/α-hetero) is 1. The number of hydrogen-bond donors (Lipinski definition) is 1. The Bertz CT molecular complexity index is 1070. The number of ether oxygens (including phenoxy) is 2. The maximum atomic E-state index is 13.1. The minimum absolute atomic E-state index is 0.230. The summed E-state index contributed by atoms with van der Waals surface area (Å²) in [5.74, 6) is -2.45. The summed E-state index contributed by atoms with van der Waals surface area (Å²) >= 11 is 0. The number of fused-ring (bicyclic) bond motifs is 1. The molecule has 7 nitrogen and oxygen atoms in total. The summed E-state index contributed by atoms with van der Waals surface area (Å²) in [6.45, 7) is 4.09. The van der Waals surface area contributed by atoms with Crippen LogP contribution in [0.5, 0.6) is 0 Å². The summed E-state index contributed by atoms with van der Waals surface area (Å²) in [5, 5.41) is 1.67. The molecule has 2 aromatic carbocycles. The average Bonchev–Trinajstić information content (AvgIpc) is 2.85. The number of hydrogen-bond acceptors (Lipinski definition) is 6. The molecule has 0 amide bonds. The molecule has 2 aromatic rings. The first-order chi connectivity index (χ1) is 12.7. The van der Waals surface area contributed by atoms with Crippen molar-refractivity contribution < 1.29 is 27.5 Å². The van der Waals surface area contributed by atoms with Gasteiger partial charge in [-0.1, -0.05) is 42.5 Å². The quantitative estimate of drug-likeness (QED) is 0.788. The van der Waals surface area contributed by atoms with Crippen LogP contribution in [0.2, 0.25) is 0 Å². The number of carbonyl (C=O) groups excluding carboxylic acids is 2. The molecule has 0 spiro atoms. The topological polar surface area (TPSA) is 98.8 Å². The third-order valence-corrected chi connectivity index (χ3v) is 5.59. The summed E-state index contributed by atoms with van der Waals surface area (Å²) in [7, 11) is -3.75. The molecule has 1 heterocycles. The second kappa shape index (κ2) is 6.70.